The number of rotatable bonds is 5. The smallest absolute Gasteiger partial charge is 0.267 e. The van der Waals surface area contributed by atoms with Crippen LogP contribution in [-0.4, -0.2) is 22.5 Å². The van der Waals surface area contributed by atoms with E-state index in [1.807, 2.05) is 13.0 Å². The van der Waals surface area contributed by atoms with Gasteiger partial charge in [-0.2, -0.15) is 0 Å². The van der Waals surface area contributed by atoms with E-state index in [9.17, 15) is 9.18 Å². The fraction of sp³-hybridized carbons (Fsp3) is 0.176. The second-order valence-corrected chi connectivity index (χ2v) is 5.00. The molecule has 118 valence electrons. The number of benzene rings is 1. The first-order chi connectivity index (χ1) is 11.2. The van der Waals surface area contributed by atoms with Gasteiger partial charge in [0.05, 0.1) is 6.61 Å². The van der Waals surface area contributed by atoms with Crippen LogP contribution in [0.15, 0.2) is 42.6 Å². The zero-order chi connectivity index (χ0) is 16.2. The number of aromatic nitrogens is 2. The highest BCUT2D eigenvalue weighted by Gasteiger charge is 2.11. The van der Waals surface area contributed by atoms with Gasteiger partial charge < -0.3 is 15.0 Å². The fourth-order valence-corrected chi connectivity index (χ4v) is 2.32. The number of fused-ring (bicyclic) bond motifs is 1. The van der Waals surface area contributed by atoms with Crippen LogP contribution in [0.4, 0.5) is 4.39 Å². The lowest BCUT2D eigenvalue weighted by Gasteiger charge is -2.09. The standard InChI is InChI=1S/C17H16FN3O2/c1-2-23-17-11(4-3-7-19-17)10-20-16(22)15-9-12-8-13(18)5-6-14(12)21-15/h3-9,21H,2,10H2,1H3,(H,20,22). The van der Waals surface area contributed by atoms with E-state index in [0.717, 1.165) is 5.56 Å². The molecule has 0 aliphatic carbocycles. The summed E-state index contributed by atoms with van der Waals surface area (Å²) in [4.78, 5) is 19.4. The Balaban J connectivity index is 1.73. The van der Waals surface area contributed by atoms with E-state index in [2.05, 4.69) is 15.3 Å². The minimum absolute atomic E-state index is 0.270. The van der Waals surface area contributed by atoms with Crippen molar-refractivity contribution in [3.63, 3.8) is 0 Å². The second-order valence-electron chi connectivity index (χ2n) is 5.00. The van der Waals surface area contributed by atoms with Crippen molar-refractivity contribution in [3.8, 4) is 5.88 Å². The first-order valence-corrected chi connectivity index (χ1v) is 7.30. The van der Waals surface area contributed by atoms with Crippen molar-refractivity contribution in [2.45, 2.75) is 13.5 Å². The van der Waals surface area contributed by atoms with Gasteiger partial charge >= 0.3 is 0 Å². The Labute approximate surface area is 132 Å². The predicted molar refractivity (Wildman–Crippen MR) is 84.8 cm³/mol. The molecule has 3 aromatic rings. The van der Waals surface area contributed by atoms with E-state index in [0.29, 0.717) is 35.6 Å². The lowest BCUT2D eigenvalue weighted by Crippen LogP contribution is -2.23. The van der Waals surface area contributed by atoms with Gasteiger partial charge in [-0.1, -0.05) is 6.07 Å². The summed E-state index contributed by atoms with van der Waals surface area (Å²) in [5.41, 5.74) is 1.89. The number of ether oxygens (including phenoxy) is 1. The maximum absolute atomic E-state index is 13.2. The van der Waals surface area contributed by atoms with Crippen molar-refractivity contribution in [3.05, 3.63) is 59.7 Å². The van der Waals surface area contributed by atoms with Crippen LogP contribution >= 0.6 is 0 Å². The Hall–Kier alpha value is -2.89. The van der Waals surface area contributed by atoms with Gasteiger partial charge in [-0.15, -0.1) is 0 Å². The molecule has 1 amide bonds. The molecule has 0 spiro atoms. The fourth-order valence-electron chi connectivity index (χ4n) is 2.32. The van der Waals surface area contributed by atoms with E-state index >= 15 is 0 Å². The molecule has 2 aromatic heterocycles. The lowest BCUT2D eigenvalue weighted by molar-refractivity contribution is 0.0946. The van der Waals surface area contributed by atoms with Gasteiger partial charge in [0.1, 0.15) is 11.5 Å². The third kappa shape index (κ3) is 3.31. The molecule has 0 aliphatic rings. The number of pyridine rings is 1. The number of H-pyrrole nitrogens is 1. The molecule has 2 N–H and O–H groups in total. The zero-order valence-electron chi connectivity index (χ0n) is 12.6. The summed E-state index contributed by atoms with van der Waals surface area (Å²) < 4.78 is 18.6. The molecular formula is C17H16FN3O2. The molecule has 0 saturated carbocycles. The van der Waals surface area contributed by atoms with Crippen LogP contribution in [0.2, 0.25) is 0 Å². The molecule has 0 radical (unpaired) electrons. The van der Waals surface area contributed by atoms with Crippen LogP contribution in [-0.2, 0) is 6.54 Å². The number of amides is 1. The molecule has 0 unspecified atom stereocenters. The average molecular weight is 313 g/mol. The van der Waals surface area contributed by atoms with Gasteiger partial charge in [-0.3, -0.25) is 4.79 Å². The first kappa shape index (κ1) is 15.0. The third-order valence-corrected chi connectivity index (χ3v) is 3.40. The van der Waals surface area contributed by atoms with Gasteiger partial charge in [-0.05, 0) is 37.3 Å². The number of hydrogen-bond donors (Lipinski definition) is 2. The Morgan fingerprint density at radius 3 is 3.04 bits per heavy atom. The van der Waals surface area contributed by atoms with Crippen LogP contribution in [0.1, 0.15) is 23.0 Å². The van der Waals surface area contributed by atoms with Crippen molar-refractivity contribution in [1.29, 1.82) is 0 Å². The van der Waals surface area contributed by atoms with Crippen molar-refractivity contribution in [2.24, 2.45) is 0 Å². The van der Waals surface area contributed by atoms with Gasteiger partial charge in [-0.25, -0.2) is 9.37 Å². The summed E-state index contributed by atoms with van der Waals surface area (Å²) in [6, 6.07) is 9.60. The normalized spacial score (nSPS) is 10.7. The van der Waals surface area contributed by atoms with Gasteiger partial charge in [0.2, 0.25) is 5.88 Å². The van der Waals surface area contributed by atoms with Gasteiger partial charge in [0.25, 0.3) is 5.91 Å². The highest BCUT2D eigenvalue weighted by atomic mass is 19.1. The van der Waals surface area contributed by atoms with E-state index in [1.54, 1.807) is 24.4 Å². The molecule has 0 fully saturated rings. The van der Waals surface area contributed by atoms with Crippen LogP contribution in [0.5, 0.6) is 5.88 Å². The van der Waals surface area contributed by atoms with Crippen LogP contribution in [0.25, 0.3) is 10.9 Å². The third-order valence-electron chi connectivity index (χ3n) is 3.40. The molecule has 6 heteroatoms. The maximum Gasteiger partial charge on any atom is 0.267 e. The molecule has 2 heterocycles. The van der Waals surface area contributed by atoms with Crippen LogP contribution in [0.3, 0.4) is 0 Å². The minimum Gasteiger partial charge on any atom is -0.478 e. The molecular weight excluding hydrogens is 297 g/mol. The number of carbonyl (C=O) groups is 1. The average Bonchev–Trinajstić information content (AvgIpc) is 2.97. The molecule has 1 aromatic carbocycles. The summed E-state index contributed by atoms with van der Waals surface area (Å²) in [5, 5.41) is 3.46. The highest BCUT2D eigenvalue weighted by Crippen LogP contribution is 2.17. The summed E-state index contributed by atoms with van der Waals surface area (Å²) >= 11 is 0. The van der Waals surface area contributed by atoms with Crippen molar-refractivity contribution < 1.29 is 13.9 Å². The number of aromatic amines is 1. The quantitative estimate of drug-likeness (QED) is 0.761. The topological polar surface area (TPSA) is 67.0 Å². The molecule has 0 aliphatic heterocycles. The SMILES string of the molecule is CCOc1ncccc1CNC(=O)c1cc2cc(F)ccc2[nH]1. The number of halogens is 1. The Morgan fingerprint density at radius 2 is 2.22 bits per heavy atom. The summed E-state index contributed by atoms with van der Waals surface area (Å²) in [7, 11) is 0. The summed E-state index contributed by atoms with van der Waals surface area (Å²) in [5.74, 6) is -0.0953. The van der Waals surface area contributed by atoms with Gasteiger partial charge in [0.15, 0.2) is 0 Å². The number of nitrogens with zero attached hydrogens (tertiary/aromatic N) is 1. The second kappa shape index (κ2) is 6.48. The minimum atomic E-state index is -0.333. The molecule has 3 rings (SSSR count). The highest BCUT2D eigenvalue weighted by molar-refractivity contribution is 5.97. The van der Waals surface area contributed by atoms with Crippen molar-refractivity contribution >= 4 is 16.8 Å². The van der Waals surface area contributed by atoms with Crippen molar-refractivity contribution in [1.82, 2.24) is 15.3 Å². The summed E-state index contributed by atoms with van der Waals surface area (Å²) in [6.07, 6.45) is 1.64. The Bertz CT molecular complexity index is 845. The van der Waals surface area contributed by atoms with Gasteiger partial charge in [0, 0.05) is 29.2 Å². The predicted octanol–water partition coefficient (Wildman–Crippen LogP) is 3.03. The Morgan fingerprint density at radius 1 is 1.35 bits per heavy atom. The molecule has 5 nitrogen and oxygen atoms in total. The summed E-state index contributed by atoms with van der Waals surface area (Å²) in [6.45, 7) is 2.68. The molecule has 0 atom stereocenters. The molecule has 0 saturated heterocycles. The number of hydrogen-bond acceptors (Lipinski definition) is 3. The van der Waals surface area contributed by atoms with Crippen LogP contribution < -0.4 is 10.1 Å². The van der Waals surface area contributed by atoms with E-state index in [1.165, 1.54) is 12.1 Å². The maximum atomic E-state index is 13.2. The Kier molecular flexibility index (Phi) is 4.23. The first-order valence-electron chi connectivity index (χ1n) is 7.30. The zero-order valence-corrected chi connectivity index (χ0v) is 12.6. The monoisotopic (exact) mass is 313 g/mol. The van der Waals surface area contributed by atoms with E-state index in [4.69, 9.17) is 4.74 Å². The van der Waals surface area contributed by atoms with Crippen LogP contribution in [0, 0.1) is 5.82 Å². The van der Waals surface area contributed by atoms with E-state index < -0.39 is 0 Å². The lowest BCUT2D eigenvalue weighted by atomic mass is 10.2. The van der Waals surface area contributed by atoms with E-state index in [-0.39, 0.29) is 11.7 Å². The largest absolute Gasteiger partial charge is 0.478 e. The number of carbonyl (C=O) groups excluding carboxylic acids is 1. The van der Waals surface area contributed by atoms with Crippen molar-refractivity contribution in [2.75, 3.05) is 6.61 Å². The molecule has 0 bridgehead atoms. The number of nitrogens with one attached hydrogen (secondary N) is 2. The molecule has 23 heavy (non-hydrogen) atoms.